The van der Waals surface area contributed by atoms with Gasteiger partial charge in [0.15, 0.2) is 0 Å². The molecule has 10 aromatic rings. The van der Waals surface area contributed by atoms with Gasteiger partial charge in [-0.15, -0.1) is 0 Å². The van der Waals surface area contributed by atoms with Gasteiger partial charge in [-0.2, -0.15) is 0 Å². The van der Waals surface area contributed by atoms with Crippen LogP contribution in [0.4, 0.5) is 17.1 Å². The zero-order chi connectivity index (χ0) is 38.4. The van der Waals surface area contributed by atoms with Gasteiger partial charge in [-0.3, -0.25) is 0 Å². The number of hydrogen-bond acceptors (Lipinski definition) is 1. The molecule has 0 unspecified atom stereocenters. The van der Waals surface area contributed by atoms with Crippen LogP contribution in [-0.4, -0.2) is 4.57 Å². The standard InChI is InChI=1S/C56H44N2/c1-3-18-40(19-4-1)47-32-15-22-41-23-16-33-49(55(41)47)48-29-9-11-34-51(48)58(44-27-13-24-42(38-44)46-31-14-21-39-20-7-8-28-45(39)46)54-37-17-36-53-56(54)50-30-10-12-35-52(50)57(53)43-25-5-2-6-26-43/h2,5-17,20-38,40H,1,3-4,18-19H2. The van der Waals surface area contributed by atoms with Gasteiger partial charge in [0.1, 0.15) is 0 Å². The van der Waals surface area contributed by atoms with E-state index in [2.05, 4.69) is 210 Å². The molecule has 0 radical (unpaired) electrons. The van der Waals surface area contributed by atoms with Crippen LogP contribution >= 0.6 is 0 Å². The highest BCUT2D eigenvalue weighted by molar-refractivity contribution is 6.17. The van der Waals surface area contributed by atoms with Crippen LogP contribution in [-0.2, 0) is 0 Å². The van der Waals surface area contributed by atoms with Crippen LogP contribution in [0.2, 0.25) is 0 Å². The maximum absolute atomic E-state index is 2.54. The number of hydrogen-bond donors (Lipinski definition) is 0. The zero-order valence-electron chi connectivity index (χ0n) is 32.6. The molecule has 0 bridgehead atoms. The number of anilines is 3. The smallest absolute Gasteiger partial charge is 0.0562 e. The summed E-state index contributed by atoms with van der Waals surface area (Å²) >= 11 is 0. The van der Waals surface area contributed by atoms with Gasteiger partial charge in [-0.25, -0.2) is 0 Å². The third-order valence-electron chi connectivity index (χ3n) is 12.6. The lowest BCUT2D eigenvalue weighted by Crippen LogP contribution is -2.12. The summed E-state index contributed by atoms with van der Waals surface area (Å²) in [6, 6.07) is 74.1. The van der Waals surface area contributed by atoms with Crippen molar-refractivity contribution in [1.82, 2.24) is 4.57 Å². The molecule has 0 amide bonds. The number of para-hydroxylation sites is 3. The van der Waals surface area contributed by atoms with Gasteiger partial charge >= 0.3 is 0 Å². The topological polar surface area (TPSA) is 8.17 Å². The minimum Gasteiger partial charge on any atom is -0.309 e. The van der Waals surface area contributed by atoms with Crippen LogP contribution in [0.5, 0.6) is 0 Å². The summed E-state index contributed by atoms with van der Waals surface area (Å²) in [5, 5.41) is 7.67. The molecule has 9 aromatic carbocycles. The quantitative estimate of drug-likeness (QED) is 0.158. The summed E-state index contributed by atoms with van der Waals surface area (Å²) in [6.45, 7) is 0. The Hall–Kier alpha value is -6.90. The Labute approximate surface area is 340 Å². The molecule has 1 aromatic heterocycles. The normalized spacial score (nSPS) is 13.4. The highest BCUT2D eigenvalue weighted by Crippen LogP contribution is 2.49. The van der Waals surface area contributed by atoms with Crippen molar-refractivity contribution >= 4 is 60.4 Å². The molecule has 278 valence electrons. The fraction of sp³-hybridized carbons (Fsp3) is 0.107. The molecule has 0 saturated heterocycles. The Bertz CT molecular complexity index is 3100. The Balaban J connectivity index is 1.21. The van der Waals surface area contributed by atoms with Crippen molar-refractivity contribution in [2.75, 3.05) is 4.90 Å². The largest absolute Gasteiger partial charge is 0.309 e. The lowest BCUT2D eigenvalue weighted by molar-refractivity contribution is 0.445. The van der Waals surface area contributed by atoms with Crippen LogP contribution in [0.3, 0.4) is 0 Å². The summed E-state index contributed by atoms with van der Waals surface area (Å²) in [7, 11) is 0. The molecule has 0 atom stereocenters. The first-order chi connectivity index (χ1) is 28.8. The average molecular weight is 745 g/mol. The molecule has 0 N–H and O–H groups in total. The first-order valence-corrected chi connectivity index (χ1v) is 20.9. The Morgan fingerprint density at radius 3 is 1.91 bits per heavy atom. The van der Waals surface area contributed by atoms with E-state index in [9.17, 15) is 0 Å². The van der Waals surface area contributed by atoms with E-state index in [-0.39, 0.29) is 0 Å². The first-order valence-electron chi connectivity index (χ1n) is 20.9. The fourth-order valence-electron chi connectivity index (χ4n) is 9.98. The molecule has 58 heavy (non-hydrogen) atoms. The molecular weight excluding hydrogens is 701 g/mol. The molecular formula is C56H44N2. The second-order valence-electron chi connectivity index (χ2n) is 15.9. The molecule has 1 saturated carbocycles. The third-order valence-corrected chi connectivity index (χ3v) is 12.6. The Morgan fingerprint density at radius 2 is 1.03 bits per heavy atom. The van der Waals surface area contributed by atoms with Crippen molar-refractivity contribution in [2.45, 2.75) is 38.0 Å². The monoisotopic (exact) mass is 744 g/mol. The van der Waals surface area contributed by atoms with Crippen LogP contribution in [0.15, 0.2) is 200 Å². The molecule has 2 nitrogen and oxygen atoms in total. The highest BCUT2D eigenvalue weighted by Gasteiger charge is 2.25. The fourth-order valence-corrected chi connectivity index (χ4v) is 9.98. The molecule has 0 aliphatic heterocycles. The second kappa shape index (κ2) is 14.6. The predicted molar refractivity (Wildman–Crippen MR) is 247 cm³/mol. The third kappa shape index (κ3) is 5.79. The van der Waals surface area contributed by atoms with Crippen LogP contribution in [0, 0.1) is 0 Å². The van der Waals surface area contributed by atoms with E-state index in [4.69, 9.17) is 0 Å². The minimum absolute atomic E-state index is 0.581. The average Bonchev–Trinajstić information content (AvgIpc) is 3.64. The molecule has 1 fully saturated rings. The summed E-state index contributed by atoms with van der Waals surface area (Å²) in [4.78, 5) is 2.54. The van der Waals surface area contributed by atoms with Crippen molar-refractivity contribution in [3.05, 3.63) is 206 Å². The summed E-state index contributed by atoms with van der Waals surface area (Å²) in [5.74, 6) is 0.581. The molecule has 11 rings (SSSR count). The van der Waals surface area contributed by atoms with E-state index in [1.807, 2.05) is 0 Å². The van der Waals surface area contributed by atoms with E-state index in [0.717, 1.165) is 22.7 Å². The van der Waals surface area contributed by atoms with Gasteiger partial charge < -0.3 is 9.47 Å². The summed E-state index contributed by atoms with van der Waals surface area (Å²) in [5.41, 5.74) is 13.4. The van der Waals surface area contributed by atoms with Crippen LogP contribution in [0.1, 0.15) is 43.6 Å². The van der Waals surface area contributed by atoms with E-state index in [0.29, 0.717) is 5.92 Å². The number of fused-ring (bicyclic) bond motifs is 5. The number of rotatable bonds is 7. The minimum atomic E-state index is 0.581. The van der Waals surface area contributed by atoms with Gasteiger partial charge in [-0.1, -0.05) is 171 Å². The van der Waals surface area contributed by atoms with Crippen molar-refractivity contribution < 1.29 is 0 Å². The van der Waals surface area contributed by atoms with Crippen molar-refractivity contribution in [1.29, 1.82) is 0 Å². The second-order valence-corrected chi connectivity index (χ2v) is 15.9. The predicted octanol–water partition coefficient (Wildman–Crippen LogP) is 15.9. The first kappa shape index (κ1) is 34.4. The van der Waals surface area contributed by atoms with Gasteiger partial charge in [0.25, 0.3) is 0 Å². The van der Waals surface area contributed by atoms with E-state index in [1.54, 1.807) is 0 Å². The van der Waals surface area contributed by atoms with E-state index >= 15 is 0 Å². The SMILES string of the molecule is c1ccc(-n2c3ccccc3c3c(N(c4cccc(-c5cccc6ccccc56)c4)c4ccccc4-c4cccc5cccc(C6CCCCC6)c45)cccc32)cc1. The van der Waals surface area contributed by atoms with Gasteiger partial charge in [-0.05, 0) is 111 Å². The van der Waals surface area contributed by atoms with E-state index in [1.165, 1.54) is 103 Å². The molecule has 1 heterocycles. The lowest BCUT2D eigenvalue weighted by Gasteiger charge is -2.30. The Morgan fingerprint density at radius 1 is 0.414 bits per heavy atom. The van der Waals surface area contributed by atoms with E-state index < -0.39 is 0 Å². The van der Waals surface area contributed by atoms with Crippen LogP contribution in [0.25, 0.3) is 71.3 Å². The number of nitrogens with zero attached hydrogens (tertiary/aromatic N) is 2. The van der Waals surface area contributed by atoms with Crippen molar-refractivity contribution in [2.24, 2.45) is 0 Å². The van der Waals surface area contributed by atoms with Gasteiger partial charge in [0.05, 0.1) is 22.4 Å². The number of benzene rings is 9. The van der Waals surface area contributed by atoms with Gasteiger partial charge in [0.2, 0.25) is 0 Å². The molecule has 2 heteroatoms. The molecule has 1 aliphatic rings. The lowest BCUT2D eigenvalue weighted by atomic mass is 9.80. The Kier molecular flexibility index (Phi) is 8.62. The van der Waals surface area contributed by atoms with Crippen LogP contribution < -0.4 is 4.90 Å². The molecule has 0 spiro atoms. The summed E-state index contributed by atoms with van der Waals surface area (Å²) in [6.07, 6.45) is 6.48. The molecule has 1 aliphatic carbocycles. The summed E-state index contributed by atoms with van der Waals surface area (Å²) < 4.78 is 2.42. The number of aromatic nitrogens is 1. The maximum atomic E-state index is 2.54. The van der Waals surface area contributed by atoms with Crippen molar-refractivity contribution in [3.63, 3.8) is 0 Å². The highest BCUT2D eigenvalue weighted by atomic mass is 15.2. The maximum Gasteiger partial charge on any atom is 0.0562 e. The zero-order valence-corrected chi connectivity index (χ0v) is 32.6. The van der Waals surface area contributed by atoms with Gasteiger partial charge in [0, 0.05) is 27.7 Å². The van der Waals surface area contributed by atoms with Crippen molar-refractivity contribution in [3.8, 4) is 27.9 Å².